The van der Waals surface area contributed by atoms with Gasteiger partial charge in [0.25, 0.3) is 5.91 Å². The van der Waals surface area contributed by atoms with E-state index in [1.165, 1.54) is 5.56 Å². The van der Waals surface area contributed by atoms with Gasteiger partial charge in [-0.3, -0.25) is 4.79 Å². The van der Waals surface area contributed by atoms with E-state index in [-0.39, 0.29) is 17.9 Å². The van der Waals surface area contributed by atoms with Gasteiger partial charge in [0.2, 0.25) is 0 Å². The van der Waals surface area contributed by atoms with Crippen LogP contribution in [0.25, 0.3) is 0 Å². The topological polar surface area (TPSA) is 65.6 Å². The second-order valence-electron chi connectivity index (χ2n) is 7.62. The van der Waals surface area contributed by atoms with Gasteiger partial charge in [-0.2, -0.15) is 0 Å². The van der Waals surface area contributed by atoms with E-state index in [1.807, 2.05) is 34.1 Å². The summed E-state index contributed by atoms with van der Waals surface area (Å²) >= 11 is 0. The molecule has 4 rings (SSSR count). The van der Waals surface area contributed by atoms with Crippen LogP contribution in [-0.4, -0.2) is 58.6 Å². The lowest BCUT2D eigenvalue weighted by Crippen LogP contribution is -2.49. The fraction of sp³-hybridized carbons (Fsp3) is 0.429. The molecule has 0 saturated carbocycles. The number of amides is 2. The van der Waals surface area contributed by atoms with Crippen LogP contribution in [0, 0.1) is 0 Å². The normalized spacial score (nSPS) is 20.0. The fourth-order valence-electron chi connectivity index (χ4n) is 4.06. The van der Waals surface area contributed by atoms with Gasteiger partial charge in [0.1, 0.15) is 11.3 Å². The number of hydrogen-bond acceptors (Lipinski definition) is 3. The van der Waals surface area contributed by atoms with Crippen molar-refractivity contribution in [3.8, 4) is 0 Å². The van der Waals surface area contributed by atoms with Gasteiger partial charge in [0, 0.05) is 38.7 Å². The monoisotopic (exact) mass is 367 g/mol. The third-order valence-corrected chi connectivity index (χ3v) is 5.69. The van der Waals surface area contributed by atoms with Crippen LogP contribution in [0.4, 0.5) is 4.79 Å². The molecule has 27 heavy (non-hydrogen) atoms. The number of nitrogens with one attached hydrogen (secondary N) is 1. The standard InChI is InChI=1S/C21H25N3O3/c1-16(17-6-3-2-4-7-17)14-24-15-21(27-20(24)26)9-12-23(13-10-21)19(25)18-8-5-11-22-18/h2-8,11,16,22H,9-10,12-15H2,1H3. The first-order valence-corrected chi connectivity index (χ1v) is 9.52. The summed E-state index contributed by atoms with van der Waals surface area (Å²) in [5.74, 6) is 0.261. The predicted molar refractivity (Wildman–Crippen MR) is 102 cm³/mol. The van der Waals surface area contributed by atoms with Crippen LogP contribution in [0.2, 0.25) is 0 Å². The molecular formula is C21H25N3O3. The smallest absolute Gasteiger partial charge is 0.410 e. The number of nitrogens with zero attached hydrogens (tertiary/aromatic N) is 2. The Morgan fingerprint density at radius 3 is 2.59 bits per heavy atom. The summed E-state index contributed by atoms with van der Waals surface area (Å²) in [4.78, 5) is 31.5. The zero-order chi connectivity index (χ0) is 18.9. The van der Waals surface area contributed by atoms with E-state index in [1.54, 1.807) is 12.3 Å². The van der Waals surface area contributed by atoms with E-state index >= 15 is 0 Å². The van der Waals surface area contributed by atoms with E-state index in [9.17, 15) is 9.59 Å². The number of ether oxygens (including phenoxy) is 1. The average molecular weight is 367 g/mol. The van der Waals surface area contributed by atoms with Gasteiger partial charge in [0.15, 0.2) is 0 Å². The van der Waals surface area contributed by atoms with Crippen molar-refractivity contribution in [1.82, 2.24) is 14.8 Å². The van der Waals surface area contributed by atoms with Crippen LogP contribution in [0.5, 0.6) is 0 Å². The Morgan fingerprint density at radius 1 is 1.19 bits per heavy atom. The number of rotatable bonds is 4. The first kappa shape index (κ1) is 17.6. The Labute approximate surface area is 159 Å². The molecule has 2 aromatic rings. The van der Waals surface area contributed by atoms with Crippen LogP contribution in [-0.2, 0) is 4.74 Å². The number of carbonyl (C=O) groups excluding carboxylic acids is 2. The molecule has 1 unspecified atom stereocenters. The van der Waals surface area contributed by atoms with Gasteiger partial charge in [-0.15, -0.1) is 0 Å². The number of H-pyrrole nitrogens is 1. The van der Waals surface area contributed by atoms with Gasteiger partial charge < -0.3 is 19.5 Å². The highest BCUT2D eigenvalue weighted by Crippen LogP contribution is 2.34. The number of aromatic nitrogens is 1. The molecule has 2 aliphatic rings. The molecule has 6 nitrogen and oxygen atoms in total. The van der Waals surface area contributed by atoms with Gasteiger partial charge in [-0.1, -0.05) is 37.3 Å². The van der Waals surface area contributed by atoms with Gasteiger partial charge in [0.05, 0.1) is 6.54 Å². The molecule has 0 aliphatic carbocycles. The second-order valence-corrected chi connectivity index (χ2v) is 7.62. The number of piperidine rings is 1. The molecule has 2 amide bonds. The number of likely N-dealkylation sites (tertiary alicyclic amines) is 1. The molecule has 1 spiro atoms. The van der Waals surface area contributed by atoms with E-state index in [0.29, 0.717) is 44.7 Å². The lowest BCUT2D eigenvalue weighted by molar-refractivity contribution is 0.00298. The van der Waals surface area contributed by atoms with Gasteiger partial charge in [-0.25, -0.2) is 4.79 Å². The molecule has 1 N–H and O–H groups in total. The Bertz CT molecular complexity index is 795. The first-order chi connectivity index (χ1) is 13.1. The summed E-state index contributed by atoms with van der Waals surface area (Å²) < 4.78 is 5.80. The lowest BCUT2D eigenvalue weighted by atomic mass is 9.90. The maximum absolute atomic E-state index is 12.5. The van der Waals surface area contributed by atoms with Crippen LogP contribution in [0.15, 0.2) is 48.7 Å². The fourth-order valence-corrected chi connectivity index (χ4v) is 4.06. The SMILES string of the molecule is CC(CN1CC2(CCN(C(=O)c3ccc[nH]3)CC2)OC1=O)c1ccccc1. The quantitative estimate of drug-likeness (QED) is 0.902. The van der Waals surface area contributed by atoms with Crippen molar-refractivity contribution in [3.05, 3.63) is 59.9 Å². The van der Waals surface area contributed by atoms with Crippen molar-refractivity contribution in [2.24, 2.45) is 0 Å². The third kappa shape index (κ3) is 3.56. The Hall–Kier alpha value is -2.76. The predicted octanol–water partition coefficient (Wildman–Crippen LogP) is 3.25. The van der Waals surface area contributed by atoms with Gasteiger partial charge >= 0.3 is 6.09 Å². The molecule has 2 fully saturated rings. The molecule has 1 atom stereocenters. The zero-order valence-electron chi connectivity index (χ0n) is 15.6. The molecule has 2 aliphatic heterocycles. The van der Waals surface area contributed by atoms with E-state index in [2.05, 4.69) is 24.0 Å². The third-order valence-electron chi connectivity index (χ3n) is 5.69. The summed E-state index contributed by atoms with van der Waals surface area (Å²) in [5.41, 5.74) is 1.37. The minimum absolute atomic E-state index is 0.00808. The molecule has 142 valence electrons. The lowest BCUT2D eigenvalue weighted by Gasteiger charge is -2.37. The molecule has 2 saturated heterocycles. The molecule has 0 radical (unpaired) electrons. The Balaban J connectivity index is 1.36. The summed E-state index contributed by atoms with van der Waals surface area (Å²) in [7, 11) is 0. The number of carbonyl (C=O) groups is 2. The van der Waals surface area contributed by atoms with Crippen molar-refractivity contribution < 1.29 is 14.3 Å². The summed E-state index contributed by atoms with van der Waals surface area (Å²) in [5, 5.41) is 0. The number of benzene rings is 1. The minimum Gasteiger partial charge on any atom is -0.441 e. The maximum atomic E-state index is 12.5. The maximum Gasteiger partial charge on any atom is 0.410 e. The molecule has 6 heteroatoms. The van der Waals surface area contributed by atoms with Gasteiger partial charge in [-0.05, 0) is 23.6 Å². The largest absolute Gasteiger partial charge is 0.441 e. The average Bonchev–Trinajstić information content (AvgIpc) is 3.32. The number of hydrogen-bond donors (Lipinski definition) is 1. The van der Waals surface area contributed by atoms with Crippen molar-refractivity contribution in [3.63, 3.8) is 0 Å². The van der Waals surface area contributed by atoms with E-state index in [4.69, 9.17) is 4.74 Å². The van der Waals surface area contributed by atoms with E-state index in [0.717, 1.165) is 0 Å². The molecular weight excluding hydrogens is 342 g/mol. The van der Waals surface area contributed by atoms with E-state index < -0.39 is 5.60 Å². The molecule has 0 bridgehead atoms. The molecule has 1 aromatic carbocycles. The zero-order valence-corrected chi connectivity index (χ0v) is 15.6. The van der Waals surface area contributed by atoms with Crippen molar-refractivity contribution in [2.75, 3.05) is 26.2 Å². The van der Waals surface area contributed by atoms with Crippen LogP contribution >= 0.6 is 0 Å². The molecule has 1 aromatic heterocycles. The molecule has 3 heterocycles. The summed E-state index contributed by atoms with van der Waals surface area (Å²) in [6, 6.07) is 13.8. The number of aromatic amines is 1. The first-order valence-electron chi connectivity index (χ1n) is 9.52. The Kier molecular flexibility index (Phi) is 4.64. The Morgan fingerprint density at radius 2 is 1.93 bits per heavy atom. The van der Waals surface area contributed by atoms with Crippen LogP contribution < -0.4 is 0 Å². The van der Waals surface area contributed by atoms with Crippen molar-refractivity contribution >= 4 is 12.0 Å². The van der Waals surface area contributed by atoms with Crippen molar-refractivity contribution in [1.29, 1.82) is 0 Å². The highest BCUT2D eigenvalue weighted by Gasteiger charge is 2.47. The van der Waals surface area contributed by atoms with Crippen molar-refractivity contribution in [2.45, 2.75) is 31.3 Å². The van der Waals surface area contributed by atoms with Crippen LogP contribution in [0.3, 0.4) is 0 Å². The second kappa shape index (κ2) is 7.10. The highest BCUT2D eigenvalue weighted by molar-refractivity contribution is 5.92. The minimum atomic E-state index is -0.458. The summed E-state index contributed by atoms with van der Waals surface area (Å²) in [6.45, 7) is 4.59. The summed E-state index contributed by atoms with van der Waals surface area (Å²) in [6.07, 6.45) is 2.88. The highest BCUT2D eigenvalue weighted by atomic mass is 16.6. The van der Waals surface area contributed by atoms with Crippen LogP contribution in [0.1, 0.15) is 41.7 Å².